The van der Waals surface area contributed by atoms with Gasteiger partial charge in [-0.25, -0.2) is 0 Å². The van der Waals surface area contributed by atoms with Crippen LogP contribution in [0.2, 0.25) is 0 Å². The van der Waals surface area contributed by atoms with Crippen molar-refractivity contribution < 1.29 is 32.7 Å². The fourth-order valence-electron chi connectivity index (χ4n) is 1.64. The van der Waals surface area contributed by atoms with Gasteiger partial charge < -0.3 is 4.90 Å². The smallest absolute Gasteiger partial charge is 0.0154 e. The van der Waals surface area contributed by atoms with E-state index in [2.05, 4.69) is 45.6 Å². The Morgan fingerprint density at radius 1 is 1.24 bits per heavy atom. The molecule has 0 N–H and O–H groups in total. The zero-order valence-corrected chi connectivity index (χ0v) is 14.4. The summed E-state index contributed by atoms with van der Waals surface area (Å²) in [5.74, 6) is 0. The summed E-state index contributed by atoms with van der Waals surface area (Å²) < 4.78 is 1.08. The largest absolute Gasteiger partial charge is 0.378 e. The van der Waals surface area contributed by atoms with Gasteiger partial charge in [0.1, 0.15) is 0 Å². The molecule has 1 heterocycles. The molecule has 0 aromatic heterocycles. The molecule has 1 aromatic carbocycles. The molecule has 0 saturated heterocycles. The van der Waals surface area contributed by atoms with Crippen LogP contribution in [0.5, 0.6) is 0 Å². The third-order valence-electron chi connectivity index (χ3n) is 2.74. The molecule has 1 aromatic rings. The van der Waals surface area contributed by atoms with Gasteiger partial charge in [-0.3, -0.25) is 0 Å². The molecule has 0 spiro atoms. The van der Waals surface area contributed by atoms with E-state index in [1.54, 1.807) is 0 Å². The summed E-state index contributed by atoms with van der Waals surface area (Å²) in [4.78, 5) is 2.07. The van der Waals surface area contributed by atoms with Gasteiger partial charge in [-0.2, -0.15) is 12.2 Å². The summed E-state index contributed by atoms with van der Waals surface area (Å²) in [7, 11) is 2.02. The molecule has 1 aliphatic heterocycles. The fourth-order valence-corrected chi connectivity index (χ4v) is 1.91. The average molecular weight is 364 g/mol. The molecule has 1 nitrogen and oxygen atoms in total. The molecule has 2 rings (SSSR count). The number of nitrogens with zero attached hydrogens (tertiary/aromatic N) is 1. The third kappa shape index (κ3) is 3.18. The van der Waals surface area contributed by atoms with Gasteiger partial charge in [-0.15, -0.1) is 17.7 Å². The SMILES string of the molecule is C=C1C(C)=C[C-]=C(c2ccc(Br)cc2)N1C.[Y]. The Morgan fingerprint density at radius 2 is 1.82 bits per heavy atom. The van der Waals surface area contributed by atoms with Crippen LogP contribution in [0.4, 0.5) is 0 Å². The van der Waals surface area contributed by atoms with Crippen LogP contribution in [0.15, 0.2) is 52.7 Å². The molecule has 0 saturated carbocycles. The Morgan fingerprint density at radius 3 is 2.41 bits per heavy atom. The van der Waals surface area contributed by atoms with Crippen LogP contribution in [0, 0.1) is 6.08 Å². The summed E-state index contributed by atoms with van der Waals surface area (Å²) >= 11 is 3.43. The maximum absolute atomic E-state index is 4.06. The van der Waals surface area contributed by atoms with Gasteiger partial charge in [0.05, 0.1) is 0 Å². The molecule has 1 radical (unpaired) electrons. The van der Waals surface area contributed by atoms with E-state index in [0.29, 0.717) is 0 Å². The number of hydrogen-bond donors (Lipinski definition) is 0. The number of benzene rings is 1. The molecule has 17 heavy (non-hydrogen) atoms. The van der Waals surface area contributed by atoms with Gasteiger partial charge in [0, 0.05) is 44.2 Å². The number of likely N-dealkylation sites (N-methyl/N-ethyl adjacent to an activating group) is 1. The minimum absolute atomic E-state index is 0. The van der Waals surface area contributed by atoms with Crippen molar-refractivity contribution in [2.75, 3.05) is 7.05 Å². The van der Waals surface area contributed by atoms with Crippen LogP contribution in [0.3, 0.4) is 0 Å². The Labute approximate surface area is 136 Å². The minimum Gasteiger partial charge on any atom is -0.378 e. The second-order valence-corrected chi connectivity index (χ2v) is 4.75. The van der Waals surface area contributed by atoms with E-state index in [1.807, 2.05) is 32.2 Å². The van der Waals surface area contributed by atoms with Crippen molar-refractivity contribution in [1.82, 2.24) is 4.90 Å². The Hall–Kier alpha value is -0.176. The van der Waals surface area contributed by atoms with Crippen LogP contribution in [0.1, 0.15) is 12.5 Å². The molecule has 85 valence electrons. The average Bonchev–Trinajstić information content (AvgIpc) is 2.28. The first-order chi connectivity index (χ1) is 7.59. The fraction of sp³-hybridized carbons (Fsp3) is 0.143. The first kappa shape index (κ1) is 14.9. The Bertz CT molecular complexity index is 485. The first-order valence-electron chi connectivity index (χ1n) is 5.09. The molecule has 3 heteroatoms. The molecular formula is C14H13BrNY-. The standard InChI is InChI=1S/C14H13BrN.Y/c1-10-4-9-14(16(3)11(10)2)12-5-7-13(15)8-6-12;/h4-8H,2H2,1,3H3;/q-1;. The molecule has 0 aliphatic carbocycles. The van der Waals surface area contributed by atoms with E-state index < -0.39 is 0 Å². The number of hydrogen-bond acceptors (Lipinski definition) is 1. The second kappa shape index (κ2) is 6.13. The van der Waals surface area contributed by atoms with Gasteiger partial charge in [0.2, 0.25) is 0 Å². The predicted molar refractivity (Wildman–Crippen MR) is 71.5 cm³/mol. The van der Waals surface area contributed by atoms with Gasteiger partial charge in [-0.1, -0.05) is 52.8 Å². The summed E-state index contributed by atoms with van der Waals surface area (Å²) in [5.41, 5.74) is 4.39. The van der Waals surface area contributed by atoms with Crippen LogP contribution in [-0.2, 0) is 32.7 Å². The van der Waals surface area contributed by atoms with Gasteiger partial charge in [-0.05, 0) is 5.70 Å². The molecular weight excluding hydrogens is 351 g/mol. The Kier molecular flexibility index (Phi) is 5.36. The van der Waals surface area contributed by atoms with Crippen molar-refractivity contribution in [3.05, 3.63) is 64.3 Å². The molecule has 1 aliphatic rings. The number of rotatable bonds is 1. The van der Waals surface area contributed by atoms with Gasteiger partial charge in [0.25, 0.3) is 0 Å². The summed E-state index contributed by atoms with van der Waals surface area (Å²) in [6, 6.07) is 8.22. The summed E-state index contributed by atoms with van der Waals surface area (Å²) in [5, 5.41) is 0. The van der Waals surface area contributed by atoms with Crippen LogP contribution in [-0.4, -0.2) is 11.9 Å². The van der Waals surface area contributed by atoms with Gasteiger partial charge >= 0.3 is 0 Å². The maximum atomic E-state index is 4.06. The summed E-state index contributed by atoms with van der Waals surface area (Å²) in [6.45, 7) is 6.10. The van der Waals surface area contributed by atoms with Crippen molar-refractivity contribution in [2.45, 2.75) is 6.92 Å². The predicted octanol–water partition coefficient (Wildman–Crippen LogP) is 4.00. The quantitative estimate of drug-likeness (QED) is 0.682. The normalized spacial score (nSPS) is 15.0. The van der Waals surface area contributed by atoms with Crippen molar-refractivity contribution in [1.29, 1.82) is 0 Å². The second-order valence-electron chi connectivity index (χ2n) is 3.83. The molecule has 0 amide bonds. The van der Waals surface area contributed by atoms with Crippen LogP contribution < -0.4 is 0 Å². The van der Waals surface area contributed by atoms with E-state index in [1.165, 1.54) is 0 Å². The molecule has 0 atom stereocenters. The van der Waals surface area contributed by atoms with Crippen molar-refractivity contribution >= 4 is 21.6 Å². The molecule has 0 bridgehead atoms. The van der Waals surface area contributed by atoms with Crippen molar-refractivity contribution in [3.8, 4) is 0 Å². The van der Waals surface area contributed by atoms with E-state index in [9.17, 15) is 0 Å². The molecule has 0 fully saturated rings. The Balaban J connectivity index is 0.00000144. The van der Waals surface area contributed by atoms with Crippen molar-refractivity contribution in [3.63, 3.8) is 0 Å². The van der Waals surface area contributed by atoms with Gasteiger partial charge in [0.15, 0.2) is 0 Å². The first-order valence-corrected chi connectivity index (χ1v) is 5.88. The maximum Gasteiger partial charge on any atom is 0.0154 e. The van der Waals surface area contributed by atoms with E-state index >= 15 is 0 Å². The molecule has 0 unspecified atom stereocenters. The van der Waals surface area contributed by atoms with Crippen LogP contribution in [0.25, 0.3) is 5.70 Å². The van der Waals surface area contributed by atoms with E-state index in [0.717, 1.165) is 27.0 Å². The van der Waals surface area contributed by atoms with Crippen LogP contribution >= 0.6 is 15.9 Å². The zero-order valence-electron chi connectivity index (χ0n) is 10.00. The van der Waals surface area contributed by atoms with Crippen molar-refractivity contribution in [2.24, 2.45) is 0 Å². The third-order valence-corrected chi connectivity index (χ3v) is 3.27. The van der Waals surface area contributed by atoms with E-state index in [-0.39, 0.29) is 32.7 Å². The topological polar surface area (TPSA) is 3.24 Å². The minimum atomic E-state index is 0. The monoisotopic (exact) mass is 363 g/mol. The van der Waals surface area contributed by atoms with E-state index in [4.69, 9.17) is 0 Å². The number of allylic oxidation sites excluding steroid dienone is 3. The number of halogens is 1. The summed E-state index contributed by atoms with van der Waals surface area (Å²) in [6.07, 6.45) is 5.28. The zero-order chi connectivity index (χ0) is 11.7.